The van der Waals surface area contributed by atoms with Crippen molar-refractivity contribution in [2.45, 2.75) is 0 Å². The van der Waals surface area contributed by atoms with Gasteiger partial charge < -0.3 is 4.42 Å². The summed E-state index contributed by atoms with van der Waals surface area (Å²) in [4.78, 5) is 11.1. The molecule has 0 unspecified atom stereocenters. The average molecular weight is 185 g/mol. The van der Waals surface area contributed by atoms with Gasteiger partial charge in [-0.2, -0.15) is 0 Å². The predicted octanol–water partition coefficient (Wildman–Crippen LogP) is 1.41. The van der Waals surface area contributed by atoms with E-state index in [2.05, 4.69) is 0 Å². The second-order valence-corrected chi connectivity index (χ2v) is 2.28. The molecule has 0 bridgehead atoms. The van der Waals surface area contributed by atoms with Crippen molar-refractivity contribution in [1.82, 2.24) is 0 Å². The van der Waals surface area contributed by atoms with Gasteiger partial charge in [0.25, 0.3) is 0 Å². The first-order chi connectivity index (χ1) is 5.38. The first-order valence-corrected chi connectivity index (χ1v) is 3.34. The molecule has 0 aliphatic carbocycles. The number of hydrogen-bond donors (Lipinski definition) is 0. The third kappa shape index (κ3) is 1.86. The Morgan fingerprint density at radius 2 is 1.83 bits per heavy atom. The molecule has 2 nitrogen and oxygen atoms in total. The Morgan fingerprint density at radius 3 is 2.58 bits per heavy atom. The van der Waals surface area contributed by atoms with Gasteiger partial charge in [0.05, 0.1) is 11.6 Å². The molecule has 0 amide bonds. The van der Waals surface area contributed by atoms with Gasteiger partial charge in [-0.05, 0) is 12.1 Å². The van der Waals surface area contributed by atoms with Gasteiger partial charge in [-0.3, -0.25) is 4.79 Å². The Bertz CT molecular complexity index is 428. The summed E-state index contributed by atoms with van der Waals surface area (Å²) in [6, 6.07) is 8.60. The molecule has 0 spiro atoms. The molecule has 1 aromatic carbocycles. The molecule has 0 saturated carbocycles. The fourth-order valence-electron chi connectivity index (χ4n) is 1.03. The van der Waals surface area contributed by atoms with E-state index in [0.717, 1.165) is 0 Å². The zero-order chi connectivity index (χ0) is 7.68. The van der Waals surface area contributed by atoms with Crippen LogP contribution in [0.3, 0.4) is 0 Å². The summed E-state index contributed by atoms with van der Waals surface area (Å²) in [6.45, 7) is 0. The van der Waals surface area contributed by atoms with Crippen LogP contribution in [0.4, 0.5) is 0 Å². The van der Waals surface area contributed by atoms with E-state index in [1.807, 2.05) is 12.1 Å². The van der Waals surface area contributed by atoms with Crippen LogP contribution in [0.15, 0.2) is 45.8 Å². The minimum absolute atomic E-state index is 0. The molecule has 0 aliphatic rings. The third-order valence-electron chi connectivity index (χ3n) is 1.57. The summed E-state index contributed by atoms with van der Waals surface area (Å²) in [6.07, 6.45) is 1.41. The Hall–Kier alpha value is 0.0664. The topological polar surface area (TPSA) is 30.2 Å². The van der Waals surface area contributed by atoms with Crippen LogP contribution in [0, 0.1) is 0 Å². The molecule has 3 heteroatoms. The van der Waals surface area contributed by atoms with E-state index in [9.17, 15) is 4.79 Å². The molecule has 0 N–H and O–H groups in total. The van der Waals surface area contributed by atoms with E-state index >= 15 is 0 Å². The van der Waals surface area contributed by atoms with Crippen molar-refractivity contribution < 1.29 is 4.42 Å². The van der Waals surface area contributed by atoms with Crippen molar-refractivity contribution in [1.29, 1.82) is 0 Å². The van der Waals surface area contributed by atoms with Crippen LogP contribution in [0.2, 0.25) is 0 Å². The molecule has 2 aromatic rings. The van der Waals surface area contributed by atoms with Gasteiger partial charge in [-0.15, -0.1) is 0 Å². The summed E-state index contributed by atoms with van der Waals surface area (Å²) in [7, 11) is 0. The van der Waals surface area contributed by atoms with Crippen molar-refractivity contribution in [3.05, 3.63) is 46.8 Å². The van der Waals surface area contributed by atoms with Gasteiger partial charge in [0, 0.05) is 57.5 Å². The number of hydrogen-bond acceptors (Lipinski definition) is 2. The molecule has 55 valence electrons. The average Bonchev–Trinajstić information content (AvgIpc) is 2.06. The largest absolute Gasteiger partial charge is 0.464 e. The van der Waals surface area contributed by atoms with Crippen LogP contribution in [0.1, 0.15) is 0 Å². The zero-order valence-corrected chi connectivity index (χ0v) is 9.90. The minimum atomic E-state index is 0. The summed E-state index contributed by atoms with van der Waals surface area (Å²) >= 11 is 0. The fourth-order valence-corrected chi connectivity index (χ4v) is 1.03. The molecule has 1 heterocycles. The van der Waals surface area contributed by atoms with Crippen molar-refractivity contribution in [3.63, 3.8) is 0 Å². The van der Waals surface area contributed by atoms with Gasteiger partial charge in [-0.25, -0.2) is 0 Å². The van der Waals surface area contributed by atoms with Gasteiger partial charge in [0.1, 0.15) is 5.58 Å². The normalized spacial score (nSPS) is 9.33. The number of rotatable bonds is 0. The smallest absolute Gasteiger partial charge is 0.192 e. The quantitative estimate of drug-likeness (QED) is 0.581. The number of fused-ring (bicyclic) bond motifs is 1. The Kier molecular flexibility index (Phi) is 3.67. The second-order valence-electron chi connectivity index (χ2n) is 2.28. The molecule has 1 radical (unpaired) electrons. The summed E-state index contributed by atoms with van der Waals surface area (Å²) < 4.78 is 5.09. The van der Waals surface area contributed by atoms with E-state index in [1.165, 1.54) is 12.3 Å². The van der Waals surface area contributed by atoms with E-state index in [0.29, 0.717) is 11.0 Å². The summed E-state index contributed by atoms with van der Waals surface area (Å²) in [5.41, 5.74) is 0.645. The molecule has 1 aromatic heterocycles. The maximum absolute atomic E-state index is 11.1. The first kappa shape index (κ1) is 10.1. The van der Waals surface area contributed by atoms with Gasteiger partial charge in [0.15, 0.2) is 5.43 Å². The standard InChI is InChI=1S/C9H6O2.K/c10-8-5-6-11-9-4-2-1-3-7(8)9;/h1-6H;. The third-order valence-corrected chi connectivity index (χ3v) is 1.57. The van der Waals surface area contributed by atoms with Crippen LogP contribution in [0.5, 0.6) is 0 Å². The molecule has 2 rings (SSSR count). The van der Waals surface area contributed by atoms with E-state index in [-0.39, 0.29) is 56.8 Å². The van der Waals surface area contributed by atoms with Crippen molar-refractivity contribution in [2.24, 2.45) is 0 Å². The SMILES string of the molecule is O=c1ccoc2ccccc12.[K]. The Labute approximate surface area is 112 Å². The van der Waals surface area contributed by atoms with Gasteiger partial charge in [-0.1, -0.05) is 12.1 Å². The number of para-hydroxylation sites is 1. The Balaban J connectivity index is 0.000000720. The first-order valence-electron chi connectivity index (χ1n) is 3.34. The molecule has 0 fully saturated rings. The van der Waals surface area contributed by atoms with Crippen LogP contribution >= 0.6 is 0 Å². The summed E-state index contributed by atoms with van der Waals surface area (Å²) in [5, 5.41) is 0.634. The van der Waals surface area contributed by atoms with E-state index in [4.69, 9.17) is 4.42 Å². The van der Waals surface area contributed by atoms with Crippen molar-refractivity contribution in [2.75, 3.05) is 0 Å². The summed E-state index contributed by atoms with van der Waals surface area (Å²) in [5.74, 6) is 0. The number of benzene rings is 1. The predicted molar refractivity (Wildman–Crippen MR) is 48.2 cm³/mol. The van der Waals surface area contributed by atoms with Crippen LogP contribution in [0.25, 0.3) is 11.0 Å². The minimum Gasteiger partial charge on any atom is -0.464 e. The van der Waals surface area contributed by atoms with E-state index < -0.39 is 0 Å². The molecular formula is C9H6KO2. The molecule has 12 heavy (non-hydrogen) atoms. The van der Waals surface area contributed by atoms with Gasteiger partial charge in [0.2, 0.25) is 0 Å². The second kappa shape index (κ2) is 4.34. The van der Waals surface area contributed by atoms with Gasteiger partial charge >= 0.3 is 0 Å². The maximum atomic E-state index is 11.1. The fraction of sp³-hybridized carbons (Fsp3) is 0. The molecular weight excluding hydrogens is 179 g/mol. The molecule has 0 saturated heterocycles. The Morgan fingerprint density at radius 1 is 1.08 bits per heavy atom. The molecule has 0 atom stereocenters. The maximum Gasteiger partial charge on any atom is 0.192 e. The zero-order valence-electron chi connectivity index (χ0n) is 6.78. The molecule has 0 aliphatic heterocycles. The van der Waals surface area contributed by atoms with Crippen LogP contribution < -0.4 is 5.43 Å². The van der Waals surface area contributed by atoms with Crippen molar-refractivity contribution in [3.8, 4) is 0 Å². The van der Waals surface area contributed by atoms with Crippen LogP contribution in [-0.2, 0) is 0 Å². The van der Waals surface area contributed by atoms with E-state index in [1.54, 1.807) is 12.1 Å². The van der Waals surface area contributed by atoms with Crippen LogP contribution in [-0.4, -0.2) is 51.4 Å². The monoisotopic (exact) mass is 185 g/mol. The van der Waals surface area contributed by atoms with Crippen molar-refractivity contribution >= 4 is 62.4 Å².